The summed E-state index contributed by atoms with van der Waals surface area (Å²) in [6.07, 6.45) is 15.7. The molecule has 0 saturated heterocycles. The van der Waals surface area contributed by atoms with E-state index in [9.17, 15) is 0 Å². The van der Waals surface area contributed by atoms with Crippen LogP contribution >= 0.6 is 0 Å². The largest absolute Gasteiger partial charge is 0.262 e. The molecule has 0 amide bonds. The van der Waals surface area contributed by atoms with E-state index in [1.807, 2.05) is 19.2 Å². The molecule has 12 heavy (non-hydrogen) atoms. The average Bonchev–Trinajstić information content (AvgIpc) is 2.02. The van der Waals surface area contributed by atoms with Crippen molar-refractivity contribution in [1.29, 1.82) is 0 Å². The summed E-state index contributed by atoms with van der Waals surface area (Å²) in [5.41, 5.74) is 1.18. The van der Waals surface area contributed by atoms with Crippen molar-refractivity contribution in [2.24, 2.45) is 4.99 Å². The van der Waals surface area contributed by atoms with E-state index >= 15 is 0 Å². The summed E-state index contributed by atoms with van der Waals surface area (Å²) in [5, 5.41) is 0. The van der Waals surface area contributed by atoms with Gasteiger partial charge in [0.25, 0.3) is 0 Å². The smallest absolute Gasteiger partial charge is 0.0403 e. The quantitative estimate of drug-likeness (QED) is 0.559. The molecule has 64 valence electrons. The molecule has 1 aliphatic rings. The third-order valence-corrected chi connectivity index (χ3v) is 1.73. The van der Waals surface area contributed by atoms with Crippen molar-refractivity contribution in [3.8, 4) is 0 Å². The Kier molecular flexibility index (Phi) is 4.14. The normalized spacial score (nSPS) is 26.9. The number of aliphatic imine (C=N–C) groups is 1. The molecule has 0 aromatic heterocycles. The molecule has 0 N–H and O–H groups in total. The fourth-order valence-corrected chi connectivity index (χ4v) is 1.10. The molecule has 0 bridgehead atoms. The van der Waals surface area contributed by atoms with Crippen LogP contribution in [-0.4, -0.2) is 5.71 Å². The summed E-state index contributed by atoms with van der Waals surface area (Å²) in [6, 6.07) is 0. The zero-order chi connectivity index (χ0) is 8.65. The Morgan fingerprint density at radius 3 is 3.17 bits per heavy atom. The van der Waals surface area contributed by atoms with Crippen LogP contribution in [0.1, 0.15) is 26.2 Å². The Morgan fingerprint density at radius 1 is 1.42 bits per heavy atom. The van der Waals surface area contributed by atoms with Gasteiger partial charge in [0.1, 0.15) is 0 Å². The van der Waals surface area contributed by atoms with Gasteiger partial charge in [0.05, 0.1) is 0 Å². The molecule has 0 saturated carbocycles. The lowest BCUT2D eigenvalue weighted by Gasteiger charge is -2.00. The van der Waals surface area contributed by atoms with E-state index in [-0.39, 0.29) is 0 Å². The van der Waals surface area contributed by atoms with Crippen molar-refractivity contribution < 1.29 is 0 Å². The number of rotatable bonds is 1. The summed E-state index contributed by atoms with van der Waals surface area (Å²) < 4.78 is 0. The predicted molar refractivity (Wildman–Crippen MR) is 54.4 cm³/mol. The fraction of sp³-hybridized carbons (Fsp3) is 0.364. The van der Waals surface area contributed by atoms with Gasteiger partial charge in [-0.2, -0.15) is 0 Å². The molecule has 0 spiro atoms. The zero-order valence-electron chi connectivity index (χ0n) is 7.53. The second-order valence-corrected chi connectivity index (χ2v) is 2.78. The Bertz CT molecular complexity index is 231. The van der Waals surface area contributed by atoms with Crippen LogP contribution in [0.15, 0.2) is 41.6 Å². The summed E-state index contributed by atoms with van der Waals surface area (Å²) in [6.45, 7) is 1.98. The van der Waals surface area contributed by atoms with Gasteiger partial charge in [-0.25, -0.2) is 0 Å². The van der Waals surface area contributed by atoms with Crippen LogP contribution in [-0.2, 0) is 0 Å². The third-order valence-electron chi connectivity index (χ3n) is 1.73. The molecule has 0 aromatic rings. The van der Waals surface area contributed by atoms with Gasteiger partial charge in [-0.3, -0.25) is 4.99 Å². The third kappa shape index (κ3) is 3.33. The molecule has 0 fully saturated rings. The summed E-state index contributed by atoms with van der Waals surface area (Å²) in [4.78, 5) is 4.32. The predicted octanol–water partition coefficient (Wildman–Crippen LogP) is 3.26. The molecule has 0 atom stereocenters. The number of hydrogen-bond donors (Lipinski definition) is 0. The SMILES string of the molecule is C\C=C/N=C1/C=C\C=C/CCC1. The van der Waals surface area contributed by atoms with Gasteiger partial charge in [-0.1, -0.05) is 24.3 Å². The number of hydrogen-bond acceptors (Lipinski definition) is 1. The standard InChI is InChI=1S/C11H15N/c1-2-10-12-11-8-6-4-3-5-7-9-11/h2-4,6,8,10H,5,7,9H2,1H3/b4-3-,8-6-,10-2-,12-11-. The second-order valence-electron chi connectivity index (χ2n) is 2.78. The van der Waals surface area contributed by atoms with Crippen LogP contribution in [0.4, 0.5) is 0 Å². The van der Waals surface area contributed by atoms with Crippen LogP contribution in [0.5, 0.6) is 0 Å². The monoisotopic (exact) mass is 161 g/mol. The van der Waals surface area contributed by atoms with E-state index in [2.05, 4.69) is 29.3 Å². The maximum absolute atomic E-state index is 4.32. The van der Waals surface area contributed by atoms with Gasteiger partial charge >= 0.3 is 0 Å². The first-order valence-electron chi connectivity index (χ1n) is 4.44. The lowest BCUT2D eigenvalue weighted by Crippen LogP contribution is -1.93. The lowest BCUT2D eigenvalue weighted by molar-refractivity contribution is 0.893. The zero-order valence-corrected chi connectivity index (χ0v) is 7.53. The van der Waals surface area contributed by atoms with Crippen molar-refractivity contribution in [2.45, 2.75) is 26.2 Å². The van der Waals surface area contributed by atoms with Crippen molar-refractivity contribution >= 4 is 5.71 Å². The van der Waals surface area contributed by atoms with Crippen LogP contribution < -0.4 is 0 Å². The van der Waals surface area contributed by atoms with Crippen molar-refractivity contribution in [1.82, 2.24) is 0 Å². The molecule has 1 heteroatoms. The van der Waals surface area contributed by atoms with E-state index in [0.29, 0.717) is 0 Å². The van der Waals surface area contributed by atoms with E-state index in [1.54, 1.807) is 0 Å². The first kappa shape index (κ1) is 8.98. The van der Waals surface area contributed by atoms with E-state index in [1.165, 1.54) is 18.6 Å². The highest BCUT2D eigenvalue weighted by atomic mass is 14.7. The number of nitrogens with zero attached hydrogens (tertiary/aromatic N) is 1. The van der Waals surface area contributed by atoms with E-state index in [4.69, 9.17) is 0 Å². The molecular weight excluding hydrogens is 146 g/mol. The van der Waals surface area contributed by atoms with Crippen LogP contribution in [0.3, 0.4) is 0 Å². The molecule has 0 heterocycles. The van der Waals surface area contributed by atoms with Crippen molar-refractivity contribution in [3.05, 3.63) is 36.6 Å². The first-order chi connectivity index (χ1) is 5.93. The molecule has 0 aromatic carbocycles. The average molecular weight is 161 g/mol. The van der Waals surface area contributed by atoms with E-state index < -0.39 is 0 Å². The first-order valence-corrected chi connectivity index (χ1v) is 4.44. The Balaban J connectivity index is 2.62. The molecular formula is C11H15N. The van der Waals surface area contributed by atoms with Crippen LogP contribution in [0.25, 0.3) is 0 Å². The topological polar surface area (TPSA) is 12.4 Å². The fourth-order valence-electron chi connectivity index (χ4n) is 1.10. The molecule has 1 aliphatic carbocycles. The van der Waals surface area contributed by atoms with Gasteiger partial charge in [0.2, 0.25) is 0 Å². The Morgan fingerprint density at radius 2 is 2.33 bits per heavy atom. The molecule has 1 rings (SSSR count). The number of allylic oxidation sites excluding steroid dienone is 5. The molecule has 0 unspecified atom stereocenters. The lowest BCUT2D eigenvalue weighted by atomic mass is 10.1. The minimum absolute atomic E-state index is 1.09. The van der Waals surface area contributed by atoms with Gasteiger partial charge < -0.3 is 0 Å². The second kappa shape index (κ2) is 5.53. The summed E-state index contributed by atoms with van der Waals surface area (Å²) in [5.74, 6) is 0. The van der Waals surface area contributed by atoms with Gasteiger partial charge in [-0.15, -0.1) is 0 Å². The van der Waals surface area contributed by atoms with Crippen molar-refractivity contribution in [3.63, 3.8) is 0 Å². The maximum atomic E-state index is 4.32. The van der Waals surface area contributed by atoms with Gasteiger partial charge in [-0.05, 0) is 32.3 Å². The minimum atomic E-state index is 1.09. The highest BCUT2D eigenvalue weighted by Gasteiger charge is 1.94. The highest BCUT2D eigenvalue weighted by Crippen LogP contribution is 2.04. The highest BCUT2D eigenvalue weighted by molar-refractivity contribution is 5.95. The maximum Gasteiger partial charge on any atom is 0.0403 e. The molecule has 1 nitrogen and oxygen atoms in total. The van der Waals surface area contributed by atoms with Gasteiger partial charge in [0, 0.05) is 11.9 Å². The minimum Gasteiger partial charge on any atom is -0.262 e. The molecule has 0 radical (unpaired) electrons. The summed E-state index contributed by atoms with van der Waals surface area (Å²) in [7, 11) is 0. The van der Waals surface area contributed by atoms with Crippen molar-refractivity contribution in [2.75, 3.05) is 0 Å². The van der Waals surface area contributed by atoms with Crippen LogP contribution in [0, 0.1) is 0 Å². The Hall–Kier alpha value is -1.11. The Labute approximate surface area is 74.2 Å². The molecule has 0 aliphatic heterocycles. The summed E-state index contributed by atoms with van der Waals surface area (Å²) >= 11 is 0. The van der Waals surface area contributed by atoms with Gasteiger partial charge in [0.15, 0.2) is 0 Å². The van der Waals surface area contributed by atoms with E-state index in [0.717, 1.165) is 6.42 Å². The van der Waals surface area contributed by atoms with Crippen LogP contribution in [0.2, 0.25) is 0 Å².